The predicted molar refractivity (Wildman–Crippen MR) is 170 cm³/mol. The van der Waals surface area contributed by atoms with Gasteiger partial charge >= 0.3 is 17.9 Å². The maximum absolute atomic E-state index is 13.2. The van der Waals surface area contributed by atoms with Gasteiger partial charge in [0, 0.05) is 5.92 Å². The summed E-state index contributed by atoms with van der Waals surface area (Å²) in [6.07, 6.45) is 17.1. The highest BCUT2D eigenvalue weighted by atomic mass is 16.5. The molecule has 43 heavy (non-hydrogen) atoms. The van der Waals surface area contributed by atoms with Crippen molar-refractivity contribution in [3.05, 3.63) is 95.1 Å². The first-order valence-corrected chi connectivity index (χ1v) is 15.9. The van der Waals surface area contributed by atoms with E-state index in [1.54, 1.807) is 48.6 Å². The second kappa shape index (κ2) is 16.8. The number of carboxylic acid groups (broad SMARTS) is 1. The van der Waals surface area contributed by atoms with E-state index in [1.165, 1.54) is 12.8 Å². The smallest absolute Gasteiger partial charge is 0.338 e. The highest BCUT2D eigenvalue weighted by molar-refractivity contribution is 5.97. The summed E-state index contributed by atoms with van der Waals surface area (Å²) in [6, 6.07) is 14.0. The lowest BCUT2D eigenvalue weighted by Crippen LogP contribution is -2.35. The van der Waals surface area contributed by atoms with Crippen molar-refractivity contribution in [1.29, 1.82) is 0 Å². The Kier molecular flexibility index (Phi) is 13.2. The van der Waals surface area contributed by atoms with Gasteiger partial charge in [-0.2, -0.15) is 0 Å². The fourth-order valence-electron chi connectivity index (χ4n) is 5.49. The molecular formula is C37H48O6. The molecule has 1 aliphatic rings. The van der Waals surface area contributed by atoms with Gasteiger partial charge in [-0.3, -0.25) is 4.79 Å². The number of benzene rings is 2. The first-order valence-electron chi connectivity index (χ1n) is 15.9. The van der Waals surface area contributed by atoms with Gasteiger partial charge in [-0.05, 0) is 68.9 Å². The molecule has 0 unspecified atom stereocenters. The molecule has 0 heterocycles. The largest absolute Gasteiger partial charge is 0.480 e. The van der Waals surface area contributed by atoms with Gasteiger partial charge < -0.3 is 14.6 Å². The third-order valence-corrected chi connectivity index (χ3v) is 8.16. The van der Waals surface area contributed by atoms with Crippen molar-refractivity contribution in [3.8, 4) is 0 Å². The van der Waals surface area contributed by atoms with Crippen LogP contribution in [0.25, 0.3) is 0 Å². The molecule has 1 N–H and O–H groups in total. The van der Waals surface area contributed by atoms with E-state index in [1.807, 2.05) is 38.1 Å². The molecule has 0 saturated heterocycles. The topological polar surface area (TPSA) is 89.9 Å². The summed E-state index contributed by atoms with van der Waals surface area (Å²) < 4.78 is 11.3. The van der Waals surface area contributed by atoms with Crippen molar-refractivity contribution in [1.82, 2.24) is 0 Å². The van der Waals surface area contributed by atoms with Crippen LogP contribution in [-0.2, 0) is 19.7 Å². The first kappa shape index (κ1) is 33.8. The molecule has 0 saturated carbocycles. The quantitative estimate of drug-likeness (QED) is 0.113. The average Bonchev–Trinajstić information content (AvgIpc) is 3.01. The third kappa shape index (κ3) is 9.41. The second-order valence-corrected chi connectivity index (χ2v) is 11.7. The predicted octanol–water partition coefficient (Wildman–Crippen LogP) is 8.95. The number of ether oxygens (including phenoxy) is 2. The number of unbranched alkanes of at least 4 members (excludes halogenated alkanes) is 6. The lowest BCUT2D eigenvalue weighted by molar-refractivity contribution is -0.140. The monoisotopic (exact) mass is 588 g/mol. The second-order valence-electron chi connectivity index (χ2n) is 11.7. The average molecular weight is 589 g/mol. The van der Waals surface area contributed by atoms with Crippen LogP contribution in [0, 0.1) is 0 Å². The fraction of sp³-hybridized carbons (Fsp3) is 0.486. The molecule has 0 spiro atoms. The van der Waals surface area contributed by atoms with Crippen molar-refractivity contribution < 1.29 is 29.0 Å². The molecule has 3 rings (SSSR count). The van der Waals surface area contributed by atoms with Gasteiger partial charge in [0.25, 0.3) is 0 Å². The lowest BCUT2D eigenvalue weighted by atomic mass is 9.73. The van der Waals surface area contributed by atoms with E-state index < -0.39 is 17.4 Å². The van der Waals surface area contributed by atoms with E-state index in [0.29, 0.717) is 11.1 Å². The summed E-state index contributed by atoms with van der Waals surface area (Å²) in [4.78, 5) is 38.5. The van der Waals surface area contributed by atoms with Crippen LogP contribution < -0.4 is 0 Å². The van der Waals surface area contributed by atoms with Crippen molar-refractivity contribution in [3.63, 3.8) is 0 Å². The summed E-state index contributed by atoms with van der Waals surface area (Å²) in [7, 11) is 0. The van der Waals surface area contributed by atoms with Gasteiger partial charge in [0.05, 0.1) is 23.3 Å². The fourth-order valence-corrected chi connectivity index (χ4v) is 5.49. The molecule has 232 valence electrons. The molecule has 0 amide bonds. The van der Waals surface area contributed by atoms with Gasteiger partial charge in [0.15, 0.2) is 0 Å². The maximum Gasteiger partial charge on any atom is 0.338 e. The van der Waals surface area contributed by atoms with Crippen LogP contribution >= 0.6 is 0 Å². The van der Waals surface area contributed by atoms with E-state index in [4.69, 9.17) is 9.47 Å². The molecule has 0 aliphatic heterocycles. The van der Waals surface area contributed by atoms with Crippen molar-refractivity contribution in [2.75, 3.05) is 0 Å². The Balaban J connectivity index is 1.70. The molecule has 0 radical (unpaired) electrons. The van der Waals surface area contributed by atoms with Crippen LogP contribution in [0.1, 0.15) is 130 Å². The number of rotatable bonds is 17. The van der Waals surface area contributed by atoms with Crippen molar-refractivity contribution in [2.24, 2.45) is 0 Å². The van der Waals surface area contributed by atoms with E-state index in [2.05, 4.69) is 13.8 Å². The van der Waals surface area contributed by atoms with Gasteiger partial charge in [-0.25, -0.2) is 9.59 Å². The summed E-state index contributed by atoms with van der Waals surface area (Å²) in [6.45, 7) is 8.13. The number of carboxylic acids is 1. The van der Waals surface area contributed by atoms with Gasteiger partial charge in [-0.1, -0.05) is 107 Å². The van der Waals surface area contributed by atoms with E-state index in [-0.39, 0.29) is 29.7 Å². The normalized spacial score (nSPS) is 19.0. The van der Waals surface area contributed by atoms with Gasteiger partial charge in [-0.15, -0.1) is 0 Å². The molecule has 6 heteroatoms. The minimum atomic E-state index is -1.51. The molecule has 2 aromatic rings. The van der Waals surface area contributed by atoms with Crippen LogP contribution in [0.4, 0.5) is 0 Å². The Morgan fingerprint density at radius 2 is 1.28 bits per heavy atom. The van der Waals surface area contributed by atoms with Crippen LogP contribution in [0.5, 0.6) is 0 Å². The summed E-state index contributed by atoms with van der Waals surface area (Å²) in [5.41, 5.74) is 0.521. The molecule has 0 bridgehead atoms. The zero-order valence-electron chi connectivity index (χ0n) is 26.2. The molecule has 0 aromatic heterocycles. The number of carbonyl (C=O) groups excluding carboxylic acids is 2. The standard InChI is InChI=1S/C37H48O6/c1-5-7-9-11-15-27(3)42-34(38)31-21-19-29(20-22-31)30-23-25-37(26-24-30,36(40)41)33-18-14-13-17-32(33)35(39)43-28(4)16-12-10-8-6-2/h13-14,17-28,30H,5-12,15-16H2,1-4H3,(H,40,41)/t27-,28-,30?,37?/m1/s1. The minimum Gasteiger partial charge on any atom is -0.480 e. The van der Waals surface area contributed by atoms with Crippen LogP contribution in [0.3, 0.4) is 0 Å². The number of hydrogen-bond acceptors (Lipinski definition) is 5. The third-order valence-electron chi connectivity index (χ3n) is 8.16. The molecular weight excluding hydrogens is 540 g/mol. The molecule has 0 fully saturated rings. The van der Waals surface area contributed by atoms with Crippen molar-refractivity contribution >= 4 is 17.9 Å². The Hall–Kier alpha value is -3.67. The zero-order valence-corrected chi connectivity index (χ0v) is 26.2. The van der Waals surface area contributed by atoms with Gasteiger partial charge in [0.1, 0.15) is 5.41 Å². The first-order chi connectivity index (χ1) is 20.7. The summed E-state index contributed by atoms with van der Waals surface area (Å²) in [5.74, 6) is -2.11. The summed E-state index contributed by atoms with van der Waals surface area (Å²) >= 11 is 0. The van der Waals surface area contributed by atoms with Crippen LogP contribution in [0.2, 0.25) is 0 Å². The SMILES string of the molecule is CCCCCC[C@@H](C)OC(=O)c1ccc(C2C=CC(C(=O)O)(c3ccccc3C(=O)O[C@H](C)CCCCCC)C=C2)cc1. The number of hydrogen-bond donors (Lipinski definition) is 1. The van der Waals surface area contributed by atoms with E-state index >= 15 is 0 Å². The Labute approximate surface area is 257 Å². The molecule has 2 atom stereocenters. The maximum atomic E-state index is 13.2. The lowest BCUT2D eigenvalue weighted by Gasteiger charge is -2.29. The van der Waals surface area contributed by atoms with Crippen molar-refractivity contribution in [2.45, 2.75) is 115 Å². The zero-order chi connectivity index (χ0) is 31.2. The number of aliphatic carboxylic acids is 1. The van der Waals surface area contributed by atoms with Gasteiger partial charge in [0.2, 0.25) is 0 Å². The van der Waals surface area contributed by atoms with Crippen LogP contribution in [0.15, 0.2) is 72.8 Å². The Morgan fingerprint density at radius 1 is 0.744 bits per heavy atom. The molecule has 2 aromatic carbocycles. The number of esters is 2. The summed E-state index contributed by atoms with van der Waals surface area (Å²) in [5, 5.41) is 10.4. The minimum absolute atomic E-state index is 0.133. The Morgan fingerprint density at radius 3 is 1.81 bits per heavy atom. The van der Waals surface area contributed by atoms with E-state index in [9.17, 15) is 19.5 Å². The highest BCUT2D eigenvalue weighted by Crippen LogP contribution is 2.37. The molecule has 1 aliphatic carbocycles. The van der Waals surface area contributed by atoms with E-state index in [0.717, 1.165) is 56.9 Å². The number of allylic oxidation sites excluding steroid dienone is 2. The van der Waals surface area contributed by atoms with Crippen LogP contribution in [-0.4, -0.2) is 35.2 Å². The Bertz CT molecular complexity index is 1240. The highest BCUT2D eigenvalue weighted by Gasteiger charge is 2.40. The number of carbonyl (C=O) groups is 3. The molecule has 6 nitrogen and oxygen atoms in total.